The number of nitrogens with one attached hydrogen (secondary N) is 1. The Hall–Kier alpha value is -1.77. The molecule has 0 saturated carbocycles. The molecule has 16 heavy (non-hydrogen) atoms. The fraction of sp³-hybridized carbons (Fsp3) is 0.308. The molecule has 0 aliphatic rings. The van der Waals surface area contributed by atoms with Crippen molar-refractivity contribution >= 4 is 6.01 Å². The summed E-state index contributed by atoms with van der Waals surface area (Å²) in [5.74, 6) is 1.34. The first-order valence-electron chi connectivity index (χ1n) is 5.44. The van der Waals surface area contributed by atoms with E-state index in [0.717, 1.165) is 11.3 Å². The van der Waals surface area contributed by atoms with Gasteiger partial charge in [-0.2, -0.15) is 0 Å². The van der Waals surface area contributed by atoms with E-state index in [4.69, 9.17) is 4.42 Å². The lowest BCUT2D eigenvalue weighted by Gasteiger charge is -2.05. The lowest BCUT2D eigenvalue weighted by molar-refractivity contribution is 0.589. The van der Waals surface area contributed by atoms with E-state index in [1.165, 1.54) is 5.56 Å². The third-order valence-corrected chi connectivity index (χ3v) is 2.58. The van der Waals surface area contributed by atoms with Gasteiger partial charge in [0.05, 0.1) is 6.20 Å². The summed E-state index contributed by atoms with van der Waals surface area (Å²) >= 11 is 0. The van der Waals surface area contributed by atoms with Crippen molar-refractivity contribution in [1.82, 2.24) is 4.98 Å². The molecule has 0 aliphatic carbocycles. The van der Waals surface area contributed by atoms with Gasteiger partial charge in [0.25, 0.3) is 6.01 Å². The van der Waals surface area contributed by atoms with E-state index >= 15 is 0 Å². The van der Waals surface area contributed by atoms with E-state index in [-0.39, 0.29) is 0 Å². The van der Waals surface area contributed by atoms with Gasteiger partial charge in [-0.25, -0.2) is 4.98 Å². The fourth-order valence-corrected chi connectivity index (χ4v) is 1.56. The molecular weight excluding hydrogens is 200 g/mol. The van der Waals surface area contributed by atoms with E-state index in [1.807, 2.05) is 0 Å². The van der Waals surface area contributed by atoms with Crippen molar-refractivity contribution < 1.29 is 4.42 Å². The highest BCUT2D eigenvalue weighted by Crippen LogP contribution is 2.24. The van der Waals surface area contributed by atoms with Gasteiger partial charge in [0.1, 0.15) is 0 Å². The van der Waals surface area contributed by atoms with Gasteiger partial charge in [0.2, 0.25) is 0 Å². The lowest BCUT2D eigenvalue weighted by Crippen LogP contribution is -1.86. The Kier molecular flexibility index (Phi) is 2.95. The molecule has 3 heteroatoms. The first kappa shape index (κ1) is 10.7. The zero-order chi connectivity index (χ0) is 11.5. The molecule has 0 fully saturated rings. The van der Waals surface area contributed by atoms with Gasteiger partial charge in [0, 0.05) is 12.6 Å². The smallest absolute Gasteiger partial charge is 0.294 e. The summed E-state index contributed by atoms with van der Waals surface area (Å²) in [5, 5.41) is 2.87. The maximum Gasteiger partial charge on any atom is 0.294 e. The van der Waals surface area contributed by atoms with Crippen LogP contribution in [-0.2, 0) is 0 Å². The van der Waals surface area contributed by atoms with Crippen molar-refractivity contribution in [2.45, 2.75) is 19.8 Å². The molecule has 2 rings (SSSR count). The monoisotopic (exact) mass is 216 g/mol. The van der Waals surface area contributed by atoms with Crippen molar-refractivity contribution in [1.29, 1.82) is 0 Å². The van der Waals surface area contributed by atoms with Gasteiger partial charge >= 0.3 is 0 Å². The van der Waals surface area contributed by atoms with Gasteiger partial charge in [-0.1, -0.05) is 38.1 Å². The second kappa shape index (κ2) is 4.39. The largest absolute Gasteiger partial charge is 0.424 e. The van der Waals surface area contributed by atoms with Crippen LogP contribution in [0.2, 0.25) is 0 Å². The first-order valence-corrected chi connectivity index (χ1v) is 5.44. The lowest BCUT2D eigenvalue weighted by atomic mass is 10.0. The molecule has 0 amide bonds. The molecule has 0 radical (unpaired) electrons. The predicted molar refractivity (Wildman–Crippen MR) is 65.6 cm³/mol. The Morgan fingerprint density at radius 2 is 1.88 bits per heavy atom. The Labute approximate surface area is 95.5 Å². The van der Waals surface area contributed by atoms with Crippen LogP contribution in [-0.4, -0.2) is 12.0 Å². The third-order valence-electron chi connectivity index (χ3n) is 2.58. The third kappa shape index (κ3) is 2.08. The number of rotatable bonds is 3. The Morgan fingerprint density at radius 1 is 1.19 bits per heavy atom. The number of hydrogen-bond donors (Lipinski definition) is 1. The maximum atomic E-state index is 5.50. The molecule has 0 spiro atoms. The summed E-state index contributed by atoms with van der Waals surface area (Å²) in [5.41, 5.74) is 2.38. The number of hydrogen-bond acceptors (Lipinski definition) is 3. The molecule has 1 heterocycles. The second-order valence-corrected chi connectivity index (χ2v) is 4.06. The minimum Gasteiger partial charge on any atom is -0.424 e. The van der Waals surface area contributed by atoms with E-state index in [9.17, 15) is 0 Å². The van der Waals surface area contributed by atoms with Crippen LogP contribution in [0.5, 0.6) is 0 Å². The van der Waals surface area contributed by atoms with Crippen molar-refractivity contribution in [3.05, 3.63) is 36.0 Å². The molecule has 0 saturated heterocycles. The highest BCUT2D eigenvalue weighted by Gasteiger charge is 2.05. The summed E-state index contributed by atoms with van der Waals surface area (Å²) in [4.78, 5) is 4.09. The van der Waals surface area contributed by atoms with Crippen molar-refractivity contribution in [2.75, 3.05) is 12.4 Å². The van der Waals surface area contributed by atoms with Crippen LogP contribution in [0.4, 0.5) is 6.01 Å². The number of benzene rings is 1. The number of anilines is 1. The van der Waals surface area contributed by atoms with Crippen LogP contribution in [0.25, 0.3) is 11.3 Å². The van der Waals surface area contributed by atoms with Crippen LogP contribution in [0.3, 0.4) is 0 Å². The van der Waals surface area contributed by atoms with Crippen molar-refractivity contribution in [3.8, 4) is 11.3 Å². The molecule has 1 N–H and O–H groups in total. The van der Waals surface area contributed by atoms with Crippen LogP contribution >= 0.6 is 0 Å². The minimum absolute atomic E-state index is 0.544. The zero-order valence-electron chi connectivity index (χ0n) is 9.82. The van der Waals surface area contributed by atoms with E-state index in [1.54, 1.807) is 13.2 Å². The standard InChI is InChI=1S/C13H16N2O/c1-9(2)10-4-6-11(7-5-10)12-8-15-13(14-3)16-12/h4-9H,1-3H3,(H,14,15). The number of nitrogens with zero attached hydrogens (tertiary/aromatic N) is 1. The molecule has 0 unspecified atom stereocenters. The first-order chi connectivity index (χ1) is 7.70. The fourth-order valence-electron chi connectivity index (χ4n) is 1.56. The van der Waals surface area contributed by atoms with E-state index < -0.39 is 0 Å². The van der Waals surface area contributed by atoms with Crippen LogP contribution in [0, 0.1) is 0 Å². The molecular formula is C13H16N2O. The topological polar surface area (TPSA) is 38.1 Å². The van der Waals surface area contributed by atoms with Gasteiger partial charge in [0.15, 0.2) is 5.76 Å². The Morgan fingerprint density at radius 3 is 2.38 bits per heavy atom. The summed E-state index contributed by atoms with van der Waals surface area (Å²) < 4.78 is 5.50. The molecule has 1 aromatic heterocycles. The quantitative estimate of drug-likeness (QED) is 0.853. The van der Waals surface area contributed by atoms with Gasteiger partial charge in [-0.05, 0) is 11.5 Å². The van der Waals surface area contributed by atoms with Crippen molar-refractivity contribution in [3.63, 3.8) is 0 Å². The SMILES string of the molecule is CNc1ncc(-c2ccc(C(C)C)cc2)o1. The predicted octanol–water partition coefficient (Wildman–Crippen LogP) is 3.51. The highest BCUT2D eigenvalue weighted by molar-refractivity contribution is 5.58. The minimum atomic E-state index is 0.544. The summed E-state index contributed by atoms with van der Waals surface area (Å²) in [7, 11) is 1.79. The Bertz CT molecular complexity index is 457. The number of oxazole rings is 1. The zero-order valence-corrected chi connectivity index (χ0v) is 9.82. The molecule has 0 atom stereocenters. The van der Waals surface area contributed by atoms with Gasteiger partial charge in [-0.3, -0.25) is 0 Å². The molecule has 0 aliphatic heterocycles. The van der Waals surface area contributed by atoms with Crippen molar-refractivity contribution in [2.24, 2.45) is 0 Å². The summed E-state index contributed by atoms with van der Waals surface area (Å²) in [6.45, 7) is 4.37. The highest BCUT2D eigenvalue weighted by atomic mass is 16.4. The van der Waals surface area contributed by atoms with Crippen LogP contribution in [0.15, 0.2) is 34.9 Å². The molecule has 3 nitrogen and oxygen atoms in total. The molecule has 1 aromatic carbocycles. The van der Waals surface area contributed by atoms with Gasteiger partial charge < -0.3 is 9.73 Å². The van der Waals surface area contributed by atoms with Gasteiger partial charge in [-0.15, -0.1) is 0 Å². The normalized spacial score (nSPS) is 10.8. The van der Waals surface area contributed by atoms with Crippen LogP contribution < -0.4 is 5.32 Å². The molecule has 84 valence electrons. The molecule has 2 aromatic rings. The maximum absolute atomic E-state index is 5.50. The van der Waals surface area contributed by atoms with E-state index in [2.05, 4.69) is 48.4 Å². The summed E-state index contributed by atoms with van der Waals surface area (Å²) in [6.07, 6.45) is 1.73. The second-order valence-electron chi connectivity index (χ2n) is 4.06. The molecule has 0 bridgehead atoms. The average Bonchev–Trinajstić information content (AvgIpc) is 2.77. The Balaban J connectivity index is 2.27. The number of aromatic nitrogens is 1. The summed E-state index contributed by atoms with van der Waals surface area (Å²) in [6, 6.07) is 8.93. The van der Waals surface area contributed by atoms with E-state index in [0.29, 0.717) is 11.9 Å². The van der Waals surface area contributed by atoms with Crippen LogP contribution in [0.1, 0.15) is 25.3 Å². The average molecular weight is 216 g/mol.